The van der Waals surface area contributed by atoms with Gasteiger partial charge in [-0.25, -0.2) is 9.97 Å². The molecule has 0 saturated heterocycles. The molecule has 8 aromatic carbocycles. The van der Waals surface area contributed by atoms with Crippen LogP contribution < -0.4 is 0 Å². The summed E-state index contributed by atoms with van der Waals surface area (Å²) >= 11 is 0. The van der Waals surface area contributed by atoms with Gasteiger partial charge >= 0.3 is 0 Å². The van der Waals surface area contributed by atoms with E-state index >= 15 is 0 Å². The van der Waals surface area contributed by atoms with E-state index in [1.807, 2.05) is 12.1 Å². The van der Waals surface area contributed by atoms with Gasteiger partial charge in [0.05, 0.1) is 33.5 Å². The standard InChI is InChI=1S/C48H30N4/c1-4-13-31(14-5-1)40-30-41(32-15-6-2-7-16-32)50-48(49-40)52-44-22-12-17-33-23-24-35-27-36(29-45(52)47(35)46(33)44)34-25-26-43-39(28-34)38-20-10-11-21-42(38)51(43)37-18-8-3-9-19-37/h1-30H. The molecule has 4 nitrogen and oxygen atoms in total. The Morgan fingerprint density at radius 2 is 0.942 bits per heavy atom. The average molecular weight is 663 g/mol. The number of hydrogen-bond donors (Lipinski definition) is 0. The maximum absolute atomic E-state index is 5.29. The highest BCUT2D eigenvalue weighted by atomic mass is 15.2. The molecule has 0 aliphatic rings. The monoisotopic (exact) mass is 662 g/mol. The molecule has 0 bridgehead atoms. The van der Waals surface area contributed by atoms with Crippen molar-refractivity contribution < 1.29 is 0 Å². The summed E-state index contributed by atoms with van der Waals surface area (Å²) in [6.45, 7) is 0. The van der Waals surface area contributed by atoms with Gasteiger partial charge in [-0.3, -0.25) is 4.57 Å². The van der Waals surface area contributed by atoms with Crippen LogP contribution in [0.4, 0.5) is 0 Å². The van der Waals surface area contributed by atoms with Crippen molar-refractivity contribution in [1.82, 2.24) is 19.1 Å². The van der Waals surface area contributed by atoms with Crippen molar-refractivity contribution in [3.05, 3.63) is 182 Å². The van der Waals surface area contributed by atoms with E-state index in [-0.39, 0.29) is 0 Å². The molecule has 0 aliphatic carbocycles. The van der Waals surface area contributed by atoms with Crippen molar-refractivity contribution in [2.24, 2.45) is 0 Å². The molecule has 0 unspecified atom stereocenters. The molecule has 11 rings (SSSR count). The first-order chi connectivity index (χ1) is 25.8. The number of rotatable bonds is 5. The summed E-state index contributed by atoms with van der Waals surface area (Å²) in [5.41, 5.74) is 12.0. The number of fused-ring (bicyclic) bond motifs is 3. The third-order valence-corrected chi connectivity index (χ3v) is 10.5. The van der Waals surface area contributed by atoms with E-state index in [4.69, 9.17) is 9.97 Å². The van der Waals surface area contributed by atoms with Crippen LogP contribution in [0.25, 0.3) is 99.7 Å². The first-order valence-electron chi connectivity index (χ1n) is 17.7. The van der Waals surface area contributed by atoms with E-state index < -0.39 is 0 Å². The van der Waals surface area contributed by atoms with Gasteiger partial charge in [-0.15, -0.1) is 0 Å². The molecule has 0 spiro atoms. The number of hydrogen-bond acceptors (Lipinski definition) is 2. The maximum Gasteiger partial charge on any atom is 0.235 e. The zero-order chi connectivity index (χ0) is 34.2. The normalized spacial score (nSPS) is 11.8. The van der Waals surface area contributed by atoms with Gasteiger partial charge in [0.2, 0.25) is 5.95 Å². The van der Waals surface area contributed by atoms with Gasteiger partial charge in [0.25, 0.3) is 0 Å². The Bertz CT molecular complexity index is 3040. The zero-order valence-corrected chi connectivity index (χ0v) is 28.1. The molecule has 0 aliphatic heterocycles. The molecule has 0 saturated carbocycles. The number of para-hydroxylation sites is 2. The second-order valence-electron chi connectivity index (χ2n) is 13.5. The lowest BCUT2D eigenvalue weighted by atomic mass is 9.96. The zero-order valence-electron chi connectivity index (χ0n) is 28.1. The van der Waals surface area contributed by atoms with Crippen LogP contribution in [0.1, 0.15) is 0 Å². The Labute approximate surface area is 299 Å². The highest BCUT2D eigenvalue weighted by molar-refractivity contribution is 6.25. The van der Waals surface area contributed by atoms with Crippen LogP contribution in [0, 0.1) is 0 Å². The molecule has 0 fully saturated rings. The van der Waals surface area contributed by atoms with Crippen LogP contribution >= 0.6 is 0 Å². The van der Waals surface area contributed by atoms with Gasteiger partial charge in [0.1, 0.15) is 0 Å². The molecular weight excluding hydrogens is 633 g/mol. The van der Waals surface area contributed by atoms with Gasteiger partial charge in [0.15, 0.2) is 0 Å². The largest absolute Gasteiger partial charge is 0.309 e. The van der Waals surface area contributed by atoms with E-state index in [0.717, 1.165) is 44.8 Å². The molecular formula is C48H30N4. The van der Waals surface area contributed by atoms with Gasteiger partial charge < -0.3 is 4.57 Å². The fraction of sp³-hybridized carbons (Fsp3) is 0. The molecule has 0 amide bonds. The molecule has 52 heavy (non-hydrogen) atoms. The van der Waals surface area contributed by atoms with Gasteiger partial charge in [-0.1, -0.05) is 127 Å². The maximum atomic E-state index is 5.29. The van der Waals surface area contributed by atoms with Crippen molar-refractivity contribution in [2.75, 3.05) is 0 Å². The number of nitrogens with zero attached hydrogens (tertiary/aromatic N) is 4. The summed E-state index contributed by atoms with van der Waals surface area (Å²) in [5.74, 6) is 0.656. The molecule has 4 heteroatoms. The third-order valence-electron chi connectivity index (χ3n) is 10.5. The van der Waals surface area contributed by atoms with Gasteiger partial charge in [-0.05, 0) is 76.5 Å². The Balaban J connectivity index is 1.18. The fourth-order valence-electron chi connectivity index (χ4n) is 8.13. The SMILES string of the molecule is c1ccc(-c2cc(-c3ccccc3)nc(-n3c4cccc5ccc6cc(-c7ccc8c(c7)c7ccccc7n8-c7ccccc7)cc3c6c54)n2)cc1. The minimum absolute atomic E-state index is 0.656. The Hall–Kier alpha value is -7.04. The van der Waals surface area contributed by atoms with E-state index in [9.17, 15) is 0 Å². The Morgan fingerprint density at radius 3 is 1.69 bits per heavy atom. The van der Waals surface area contributed by atoms with Crippen molar-refractivity contribution in [1.29, 1.82) is 0 Å². The highest BCUT2D eigenvalue weighted by Crippen LogP contribution is 2.42. The number of aromatic nitrogens is 4. The molecule has 0 N–H and O–H groups in total. The van der Waals surface area contributed by atoms with Crippen LogP contribution in [-0.2, 0) is 0 Å². The van der Waals surface area contributed by atoms with Gasteiger partial charge in [-0.2, -0.15) is 0 Å². The van der Waals surface area contributed by atoms with Crippen molar-refractivity contribution in [3.63, 3.8) is 0 Å². The quantitative estimate of drug-likeness (QED) is 0.172. The lowest BCUT2D eigenvalue weighted by Crippen LogP contribution is -2.04. The third kappa shape index (κ3) is 4.34. The molecule has 11 aromatic rings. The minimum Gasteiger partial charge on any atom is -0.309 e. The predicted molar refractivity (Wildman–Crippen MR) is 216 cm³/mol. The Morgan fingerprint density at radius 1 is 0.327 bits per heavy atom. The first kappa shape index (κ1) is 28.8. The molecule has 3 heterocycles. The van der Waals surface area contributed by atoms with Crippen LogP contribution in [0.5, 0.6) is 0 Å². The second kappa shape index (κ2) is 11.2. The lowest BCUT2D eigenvalue weighted by Gasteiger charge is -2.12. The fourth-order valence-corrected chi connectivity index (χ4v) is 8.13. The first-order valence-corrected chi connectivity index (χ1v) is 17.7. The summed E-state index contributed by atoms with van der Waals surface area (Å²) in [6.07, 6.45) is 0. The minimum atomic E-state index is 0.656. The van der Waals surface area contributed by atoms with Crippen molar-refractivity contribution in [2.45, 2.75) is 0 Å². The van der Waals surface area contributed by atoms with E-state index in [1.165, 1.54) is 48.9 Å². The Kier molecular flexibility index (Phi) is 6.22. The van der Waals surface area contributed by atoms with Crippen LogP contribution in [0.3, 0.4) is 0 Å². The highest BCUT2D eigenvalue weighted by Gasteiger charge is 2.21. The topological polar surface area (TPSA) is 35.6 Å². The van der Waals surface area contributed by atoms with Crippen LogP contribution in [0.15, 0.2) is 182 Å². The lowest BCUT2D eigenvalue weighted by molar-refractivity contribution is 0.996. The van der Waals surface area contributed by atoms with Crippen LogP contribution in [-0.4, -0.2) is 19.1 Å². The smallest absolute Gasteiger partial charge is 0.235 e. The molecule has 0 radical (unpaired) electrons. The summed E-state index contributed by atoms with van der Waals surface area (Å²) in [6, 6.07) is 64.8. The molecule has 3 aromatic heterocycles. The average Bonchev–Trinajstić information content (AvgIpc) is 3.74. The van der Waals surface area contributed by atoms with E-state index in [2.05, 4.69) is 179 Å². The van der Waals surface area contributed by atoms with Crippen molar-refractivity contribution in [3.8, 4) is 45.3 Å². The second-order valence-corrected chi connectivity index (χ2v) is 13.5. The molecule has 242 valence electrons. The van der Waals surface area contributed by atoms with Gasteiger partial charge in [0, 0.05) is 38.4 Å². The van der Waals surface area contributed by atoms with Crippen LogP contribution in [0.2, 0.25) is 0 Å². The van der Waals surface area contributed by atoms with E-state index in [0.29, 0.717) is 5.95 Å². The number of benzene rings is 8. The van der Waals surface area contributed by atoms with E-state index in [1.54, 1.807) is 0 Å². The summed E-state index contributed by atoms with van der Waals surface area (Å²) < 4.78 is 4.64. The summed E-state index contributed by atoms with van der Waals surface area (Å²) in [5, 5.41) is 7.34. The summed E-state index contributed by atoms with van der Waals surface area (Å²) in [7, 11) is 0. The molecule has 0 atom stereocenters. The predicted octanol–water partition coefficient (Wildman–Crippen LogP) is 12.3. The summed E-state index contributed by atoms with van der Waals surface area (Å²) in [4.78, 5) is 10.6. The van der Waals surface area contributed by atoms with Crippen molar-refractivity contribution >= 4 is 54.4 Å².